The molecule has 1 aromatic rings. The molecule has 3 heterocycles. The Kier molecular flexibility index (Phi) is 3.82. The zero-order valence-electron chi connectivity index (χ0n) is 11.2. The van der Waals surface area contributed by atoms with Gasteiger partial charge in [0.1, 0.15) is 0 Å². The highest BCUT2D eigenvalue weighted by Gasteiger charge is 2.31. The monoisotopic (exact) mass is 263 g/mol. The van der Waals surface area contributed by atoms with Crippen molar-refractivity contribution in [3.8, 4) is 0 Å². The molecule has 2 aliphatic rings. The molecule has 3 rings (SSSR count). The van der Waals surface area contributed by atoms with Crippen LogP contribution >= 0.6 is 0 Å². The van der Waals surface area contributed by atoms with Crippen LogP contribution in [0, 0.1) is 0 Å². The van der Waals surface area contributed by atoms with Gasteiger partial charge in [0.2, 0.25) is 5.91 Å². The fourth-order valence-electron chi connectivity index (χ4n) is 3.10. The second kappa shape index (κ2) is 5.74. The Labute approximate surface area is 113 Å². The van der Waals surface area contributed by atoms with Gasteiger partial charge in [0.05, 0.1) is 25.1 Å². The van der Waals surface area contributed by atoms with Gasteiger partial charge >= 0.3 is 0 Å². The third-order valence-electron chi connectivity index (χ3n) is 4.08. The molecule has 19 heavy (non-hydrogen) atoms. The number of hydrogen-bond donors (Lipinski definition) is 0. The molecular formula is C14H21N3O2. The van der Waals surface area contributed by atoms with Gasteiger partial charge in [-0.2, -0.15) is 5.10 Å². The van der Waals surface area contributed by atoms with Crippen molar-refractivity contribution < 1.29 is 9.53 Å². The molecule has 0 radical (unpaired) electrons. The molecular weight excluding hydrogens is 242 g/mol. The number of likely N-dealkylation sites (tertiary alicyclic amines) is 1. The van der Waals surface area contributed by atoms with Crippen molar-refractivity contribution in [3.63, 3.8) is 0 Å². The number of ether oxygens (including phenoxy) is 1. The van der Waals surface area contributed by atoms with Crippen LogP contribution in [0.4, 0.5) is 0 Å². The summed E-state index contributed by atoms with van der Waals surface area (Å²) >= 11 is 0. The third kappa shape index (κ3) is 2.97. The summed E-state index contributed by atoms with van der Waals surface area (Å²) in [5.74, 6) is 0.251. The summed E-state index contributed by atoms with van der Waals surface area (Å²) in [5.41, 5.74) is 0. The van der Waals surface area contributed by atoms with E-state index in [1.54, 1.807) is 6.20 Å². The van der Waals surface area contributed by atoms with Crippen LogP contribution in [-0.2, 0) is 16.1 Å². The summed E-state index contributed by atoms with van der Waals surface area (Å²) < 4.78 is 7.48. The van der Waals surface area contributed by atoms with Crippen LogP contribution in [0.1, 0.15) is 32.1 Å². The highest BCUT2D eigenvalue weighted by Crippen LogP contribution is 2.22. The van der Waals surface area contributed by atoms with Crippen LogP contribution in [0.2, 0.25) is 0 Å². The number of nitrogens with zero attached hydrogens (tertiary/aromatic N) is 3. The molecule has 0 bridgehead atoms. The van der Waals surface area contributed by atoms with Crippen molar-refractivity contribution in [1.82, 2.24) is 14.7 Å². The average molecular weight is 263 g/mol. The average Bonchev–Trinajstić information content (AvgIpc) is 3.10. The minimum Gasteiger partial charge on any atom is -0.378 e. The fourth-order valence-corrected chi connectivity index (χ4v) is 3.10. The van der Waals surface area contributed by atoms with Crippen molar-refractivity contribution in [2.45, 2.75) is 50.8 Å². The lowest BCUT2D eigenvalue weighted by Crippen LogP contribution is -2.39. The van der Waals surface area contributed by atoms with E-state index < -0.39 is 0 Å². The lowest BCUT2D eigenvalue weighted by Gasteiger charge is -2.25. The number of amides is 1. The van der Waals surface area contributed by atoms with Gasteiger partial charge in [0.15, 0.2) is 0 Å². The molecule has 1 amide bonds. The van der Waals surface area contributed by atoms with Crippen molar-refractivity contribution in [2.75, 3.05) is 13.2 Å². The number of aromatic nitrogens is 2. The smallest absolute Gasteiger partial charge is 0.225 e. The van der Waals surface area contributed by atoms with Gasteiger partial charge in [-0.15, -0.1) is 0 Å². The minimum absolute atomic E-state index is 0.151. The van der Waals surface area contributed by atoms with Gasteiger partial charge in [-0.3, -0.25) is 9.48 Å². The summed E-state index contributed by atoms with van der Waals surface area (Å²) in [4.78, 5) is 14.4. The van der Waals surface area contributed by atoms with Crippen molar-refractivity contribution in [2.24, 2.45) is 0 Å². The first-order chi connectivity index (χ1) is 9.33. The Hall–Kier alpha value is -1.36. The molecule has 2 saturated heterocycles. The highest BCUT2D eigenvalue weighted by molar-refractivity contribution is 5.77. The highest BCUT2D eigenvalue weighted by atomic mass is 16.5. The Bertz CT molecular complexity index is 412. The van der Waals surface area contributed by atoms with Gasteiger partial charge in [-0.1, -0.05) is 0 Å². The molecule has 5 nitrogen and oxygen atoms in total. The largest absolute Gasteiger partial charge is 0.378 e. The molecule has 0 aromatic carbocycles. The third-order valence-corrected chi connectivity index (χ3v) is 4.08. The molecule has 0 spiro atoms. The summed E-state index contributed by atoms with van der Waals surface area (Å²) in [5, 5.41) is 4.23. The normalized spacial score (nSPS) is 27.1. The summed E-state index contributed by atoms with van der Waals surface area (Å²) in [6.45, 7) is 2.51. The molecule has 2 aliphatic heterocycles. The summed E-state index contributed by atoms with van der Waals surface area (Å²) in [7, 11) is 0. The van der Waals surface area contributed by atoms with Crippen LogP contribution in [0.3, 0.4) is 0 Å². The first-order valence-electron chi connectivity index (χ1n) is 7.21. The Balaban J connectivity index is 1.57. The lowest BCUT2D eigenvalue weighted by molar-refractivity contribution is -0.134. The Morgan fingerprint density at radius 3 is 3.05 bits per heavy atom. The zero-order chi connectivity index (χ0) is 13.1. The molecule has 5 heteroatoms. The molecule has 0 N–H and O–H groups in total. The van der Waals surface area contributed by atoms with Crippen LogP contribution in [0.5, 0.6) is 0 Å². The number of hydrogen-bond acceptors (Lipinski definition) is 3. The topological polar surface area (TPSA) is 47.4 Å². The minimum atomic E-state index is 0.151. The van der Waals surface area contributed by atoms with E-state index in [-0.39, 0.29) is 12.0 Å². The molecule has 1 aromatic heterocycles. The molecule has 0 aliphatic carbocycles. The molecule has 104 valence electrons. The Morgan fingerprint density at radius 1 is 1.37 bits per heavy atom. The van der Waals surface area contributed by atoms with E-state index >= 15 is 0 Å². The molecule has 0 saturated carbocycles. The van der Waals surface area contributed by atoms with Gasteiger partial charge in [-0.25, -0.2) is 0 Å². The molecule has 0 unspecified atom stereocenters. The number of carbonyl (C=O) groups excluding carboxylic acids is 1. The summed E-state index contributed by atoms with van der Waals surface area (Å²) in [6.07, 6.45) is 8.75. The van der Waals surface area contributed by atoms with E-state index in [0.29, 0.717) is 12.5 Å². The second-order valence-corrected chi connectivity index (χ2v) is 5.45. The van der Waals surface area contributed by atoms with Crippen LogP contribution in [-0.4, -0.2) is 45.9 Å². The predicted molar refractivity (Wildman–Crippen MR) is 70.6 cm³/mol. The van der Waals surface area contributed by atoms with Crippen LogP contribution < -0.4 is 0 Å². The van der Waals surface area contributed by atoms with E-state index in [2.05, 4.69) is 5.10 Å². The molecule has 2 fully saturated rings. The van der Waals surface area contributed by atoms with Gasteiger partial charge in [-0.05, 0) is 31.7 Å². The van der Waals surface area contributed by atoms with E-state index in [1.165, 1.54) is 0 Å². The maximum atomic E-state index is 12.4. The van der Waals surface area contributed by atoms with Crippen molar-refractivity contribution in [3.05, 3.63) is 18.5 Å². The standard InChI is InChI=1S/C14H21N3O2/c18-14(10-13-5-2-9-19-13)17-8-1-4-12(17)11-16-7-3-6-15-16/h3,6-7,12-13H,1-2,4-5,8-11H2/t12-,13-/m0/s1. The zero-order valence-corrected chi connectivity index (χ0v) is 11.2. The van der Waals surface area contributed by atoms with Gasteiger partial charge in [0.25, 0.3) is 0 Å². The predicted octanol–water partition coefficient (Wildman–Crippen LogP) is 1.44. The first kappa shape index (κ1) is 12.7. The van der Waals surface area contributed by atoms with Crippen molar-refractivity contribution >= 4 is 5.91 Å². The molecule has 2 atom stereocenters. The van der Waals surface area contributed by atoms with E-state index in [4.69, 9.17) is 4.74 Å². The quantitative estimate of drug-likeness (QED) is 0.826. The fraction of sp³-hybridized carbons (Fsp3) is 0.714. The van der Waals surface area contributed by atoms with Crippen LogP contribution in [0.15, 0.2) is 18.5 Å². The van der Waals surface area contributed by atoms with Gasteiger partial charge < -0.3 is 9.64 Å². The lowest BCUT2D eigenvalue weighted by atomic mass is 10.1. The van der Waals surface area contributed by atoms with Gasteiger partial charge in [0, 0.05) is 25.5 Å². The van der Waals surface area contributed by atoms with E-state index in [9.17, 15) is 4.79 Å². The Morgan fingerprint density at radius 2 is 2.32 bits per heavy atom. The van der Waals surface area contributed by atoms with E-state index in [0.717, 1.165) is 45.4 Å². The maximum Gasteiger partial charge on any atom is 0.225 e. The maximum absolute atomic E-state index is 12.4. The summed E-state index contributed by atoms with van der Waals surface area (Å²) in [6, 6.07) is 2.22. The van der Waals surface area contributed by atoms with Crippen LogP contribution in [0.25, 0.3) is 0 Å². The number of carbonyl (C=O) groups is 1. The SMILES string of the molecule is O=C(C[C@@H]1CCCO1)N1CCC[C@H]1Cn1cccn1. The first-order valence-corrected chi connectivity index (χ1v) is 7.21. The number of rotatable bonds is 4. The van der Waals surface area contributed by atoms with E-state index in [1.807, 2.05) is 21.8 Å². The second-order valence-electron chi connectivity index (χ2n) is 5.45. The van der Waals surface area contributed by atoms with Crippen molar-refractivity contribution in [1.29, 1.82) is 0 Å².